The Bertz CT molecular complexity index is 1470. The van der Waals surface area contributed by atoms with E-state index in [0.717, 1.165) is 11.1 Å². The molecule has 1 aromatic heterocycles. The molecule has 2 N–H and O–H groups in total. The van der Waals surface area contributed by atoms with Crippen molar-refractivity contribution in [1.82, 2.24) is 4.90 Å². The molecule has 186 valence electrons. The molecule has 37 heavy (non-hydrogen) atoms. The summed E-state index contributed by atoms with van der Waals surface area (Å²) >= 11 is 0. The normalized spacial score (nSPS) is 16.8. The van der Waals surface area contributed by atoms with Crippen LogP contribution in [-0.2, 0) is 22.7 Å². The van der Waals surface area contributed by atoms with E-state index in [9.17, 15) is 19.8 Å². The molecule has 1 aliphatic rings. The third-order valence-electron chi connectivity index (χ3n) is 6.42. The number of amides is 1. The van der Waals surface area contributed by atoms with Gasteiger partial charge in [-0.15, -0.1) is 0 Å². The number of benzene rings is 3. The molecule has 2 heterocycles. The second-order valence-electron chi connectivity index (χ2n) is 8.84. The lowest BCUT2D eigenvalue weighted by molar-refractivity contribution is -0.140. The van der Waals surface area contributed by atoms with Crippen molar-refractivity contribution in [1.29, 1.82) is 0 Å². The highest BCUT2D eigenvalue weighted by Crippen LogP contribution is 2.41. The molecule has 1 amide bonds. The SMILES string of the molecule is Cc1ccccc1COc1ccc(C(O)=C2C(=O)C(=O)N(Cc3ccco3)C2c2cccc(O)c2)cc1. The molecule has 3 aromatic carbocycles. The Labute approximate surface area is 213 Å². The number of aliphatic hydroxyl groups excluding tert-OH is 1. The van der Waals surface area contributed by atoms with Crippen LogP contribution in [-0.4, -0.2) is 26.8 Å². The van der Waals surface area contributed by atoms with Gasteiger partial charge >= 0.3 is 0 Å². The van der Waals surface area contributed by atoms with Gasteiger partial charge in [-0.05, 0) is 72.1 Å². The number of ether oxygens (including phenoxy) is 1. The Morgan fingerprint density at radius 3 is 2.46 bits per heavy atom. The molecule has 1 saturated heterocycles. The van der Waals surface area contributed by atoms with E-state index in [1.54, 1.807) is 48.5 Å². The molecule has 1 unspecified atom stereocenters. The van der Waals surface area contributed by atoms with Gasteiger partial charge < -0.3 is 24.3 Å². The van der Waals surface area contributed by atoms with Gasteiger partial charge in [-0.25, -0.2) is 0 Å². The summed E-state index contributed by atoms with van der Waals surface area (Å²) in [6.07, 6.45) is 1.48. The fourth-order valence-electron chi connectivity index (χ4n) is 4.45. The second-order valence-corrected chi connectivity index (χ2v) is 8.84. The number of rotatable bonds is 7. The number of carbonyl (C=O) groups excluding carboxylic acids is 2. The van der Waals surface area contributed by atoms with Crippen molar-refractivity contribution in [3.8, 4) is 11.5 Å². The van der Waals surface area contributed by atoms with Gasteiger partial charge in [-0.2, -0.15) is 0 Å². The fraction of sp³-hybridized carbons (Fsp3) is 0.133. The average molecular weight is 496 g/mol. The Hall–Kier alpha value is -4.78. The largest absolute Gasteiger partial charge is 0.508 e. The van der Waals surface area contributed by atoms with Gasteiger partial charge in [0.2, 0.25) is 0 Å². The number of furan rings is 1. The van der Waals surface area contributed by atoms with Crippen LogP contribution in [0, 0.1) is 6.92 Å². The number of carbonyl (C=O) groups is 2. The maximum absolute atomic E-state index is 13.2. The van der Waals surface area contributed by atoms with Gasteiger partial charge in [0, 0.05) is 5.56 Å². The Balaban J connectivity index is 1.47. The van der Waals surface area contributed by atoms with Crippen LogP contribution in [0.1, 0.15) is 34.1 Å². The smallest absolute Gasteiger partial charge is 0.296 e. The molecule has 4 aromatic rings. The summed E-state index contributed by atoms with van der Waals surface area (Å²) in [5.74, 6) is -0.804. The number of ketones is 1. The van der Waals surface area contributed by atoms with E-state index in [1.165, 1.54) is 23.3 Å². The minimum absolute atomic E-state index is 0.0174. The standard InChI is InChI=1S/C30H25NO6/c1-19-6-2-3-7-22(19)18-37-24-13-11-20(12-14-24)28(33)26-27(21-8-4-9-23(32)16-21)31(30(35)29(26)34)17-25-10-5-15-36-25/h2-16,27,32-33H,17-18H2,1H3. The quantitative estimate of drug-likeness (QED) is 0.200. The van der Waals surface area contributed by atoms with Crippen LogP contribution in [0.3, 0.4) is 0 Å². The van der Waals surface area contributed by atoms with Crippen LogP contribution in [0.4, 0.5) is 0 Å². The first-order chi connectivity index (χ1) is 17.9. The van der Waals surface area contributed by atoms with Gasteiger partial charge in [-0.1, -0.05) is 36.4 Å². The molecule has 7 nitrogen and oxygen atoms in total. The predicted molar refractivity (Wildman–Crippen MR) is 137 cm³/mol. The van der Waals surface area contributed by atoms with E-state index in [4.69, 9.17) is 9.15 Å². The van der Waals surface area contributed by atoms with Gasteiger partial charge in [0.05, 0.1) is 24.4 Å². The monoisotopic (exact) mass is 495 g/mol. The lowest BCUT2D eigenvalue weighted by atomic mass is 9.95. The highest BCUT2D eigenvalue weighted by molar-refractivity contribution is 6.46. The van der Waals surface area contributed by atoms with Gasteiger partial charge in [0.25, 0.3) is 11.7 Å². The molecule has 1 atom stereocenters. The van der Waals surface area contributed by atoms with Crippen molar-refractivity contribution in [2.45, 2.75) is 26.1 Å². The highest BCUT2D eigenvalue weighted by atomic mass is 16.5. The molecule has 5 rings (SSSR count). The molecular formula is C30H25NO6. The summed E-state index contributed by atoms with van der Waals surface area (Å²) in [4.78, 5) is 27.5. The molecular weight excluding hydrogens is 470 g/mol. The lowest BCUT2D eigenvalue weighted by Crippen LogP contribution is -2.29. The summed E-state index contributed by atoms with van der Waals surface area (Å²) in [6, 6.07) is 23.4. The number of phenols is 1. The van der Waals surface area contributed by atoms with Crippen molar-refractivity contribution < 1.29 is 29.0 Å². The van der Waals surface area contributed by atoms with Crippen LogP contribution >= 0.6 is 0 Å². The Morgan fingerprint density at radius 1 is 0.973 bits per heavy atom. The van der Waals surface area contributed by atoms with Gasteiger partial charge in [0.15, 0.2) is 0 Å². The molecule has 0 aliphatic carbocycles. The number of hydrogen-bond acceptors (Lipinski definition) is 6. The number of phenolic OH excluding ortho intramolecular Hbond substituents is 1. The minimum atomic E-state index is -0.908. The van der Waals surface area contributed by atoms with E-state index in [0.29, 0.717) is 29.2 Å². The van der Waals surface area contributed by atoms with E-state index < -0.39 is 17.7 Å². The zero-order valence-electron chi connectivity index (χ0n) is 20.1. The lowest BCUT2D eigenvalue weighted by Gasteiger charge is -2.24. The van der Waals surface area contributed by atoms with E-state index >= 15 is 0 Å². The Kier molecular flexibility index (Phi) is 6.51. The number of nitrogens with zero attached hydrogens (tertiary/aromatic N) is 1. The Morgan fingerprint density at radius 2 is 1.76 bits per heavy atom. The molecule has 1 aliphatic heterocycles. The number of aliphatic hydroxyl groups is 1. The number of likely N-dealkylation sites (tertiary alicyclic amines) is 1. The molecule has 0 saturated carbocycles. The average Bonchev–Trinajstić information content (AvgIpc) is 3.50. The number of Topliss-reactive ketones (excluding diaryl/α,β-unsaturated/α-hetero) is 1. The summed E-state index contributed by atoms with van der Waals surface area (Å²) in [5.41, 5.74) is 2.99. The molecule has 0 radical (unpaired) electrons. The van der Waals surface area contributed by atoms with E-state index in [2.05, 4.69) is 0 Å². The van der Waals surface area contributed by atoms with Crippen LogP contribution in [0.5, 0.6) is 11.5 Å². The number of aromatic hydroxyl groups is 1. The molecule has 7 heteroatoms. The predicted octanol–water partition coefficient (Wildman–Crippen LogP) is 5.49. The summed E-state index contributed by atoms with van der Waals surface area (Å²) < 4.78 is 11.3. The maximum Gasteiger partial charge on any atom is 0.296 e. The second kappa shape index (κ2) is 10.1. The van der Waals surface area contributed by atoms with Crippen molar-refractivity contribution in [3.05, 3.63) is 125 Å². The van der Waals surface area contributed by atoms with Crippen LogP contribution in [0.15, 0.2) is 101 Å². The first-order valence-corrected chi connectivity index (χ1v) is 11.8. The van der Waals surface area contributed by atoms with E-state index in [1.807, 2.05) is 31.2 Å². The summed E-state index contributed by atoms with van der Waals surface area (Å²) in [7, 11) is 0. The zero-order valence-corrected chi connectivity index (χ0v) is 20.1. The number of hydrogen-bond donors (Lipinski definition) is 2. The summed E-state index contributed by atoms with van der Waals surface area (Å²) in [6.45, 7) is 2.44. The van der Waals surface area contributed by atoms with Crippen molar-refractivity contribution in [3.63, 3.8) is 0 Å². The van der Waals surface area contributed by atoms with Crippen molar-refractivity contribution >= 4 is 17.4 Å². The molecule has 1 fully saturated rings. The van der Waals surface area contributed by atoms with Crippen molar-refractivity contribution in [2.75, 3.05) is 0 Å². The third kappa shape index (κ3) is 4.84. The minimum Gasteiger partial charge on any atom is -0.508 e. The van der Waals surface area contributed by atoms with Crippen molar-refractivity contribution in [2.24, 2.45) is 0 Å². The first-order valence-electron chi connectivity index (χ1n) is 11.8. The summed E-state index contributed by atoms with van der Waals surface area (Å²) in [5, 5.41) is 21.3. The third-order valence-corrected chi connectivity index (χ3v) is 6.42. The van der Waals surface area contributed by atoms with Crippen LogP contribution in [0.25, 0.3) is 5.76 Å². The van der Waals surface area contributed by atoms with E-state index in [-0.39, 0.29) is 23.6 Å². The zero-order chi connectivity index (χ0) is 25.9. The number of aryl methyl sites for hydroxylation is 1. The topological polar surface area (TPSA) is 100 Å². The molecule has 0 spiro atoms. The van der Waals surface area contributed by atoms with Gasteiger partial charge in [0.1, 0.15) is 29.6 Å². The van der Waals surface area contributed by atoms with Crippen LogP contribution in [0.2, 0.25) is 0 Å². The first kappa shape index (κ1) is 23.9. The van der Waals surface area contributed by atoms with Gasteiger partial charge in [-0.3, -0.25) is 9.59 Å². The fourth-order valence-corrected chi connectivity index (χ4v) is 4.45. The van der Waals surface area contributed by atoms with Crippen LogP contribution < -0.4 is 4.74 Å². The maximum atomic E-state index is 13.2. The highest BCUT2D eigenvalue weighted by Gasteiger charge is 2.46. The molecule has 0 bridgehead atoms.